The van der Waals surface area contributed by atoms with Crippen molar-refractivity contribution in [2.24, 2.45) is 0 Å². The van der Waals surface area contributed by atoms with Gasteiger partial charge in [-0.05, 0) is 36.1 Å². The Morgan fingerprint density at radius 3 is 2.45 bits per heavy atom. The van der Waals surface area contributed by atoms with Gasteiger partial charge in [0.25, 0.3) is 5.91 Å². The lowest BCUT2D eigenvalue weighted by molar-refractivity contribution is -0.150. The van der Waals surface area contributed by atoms with E-state index in [2.05, 4.69) is 35.4 Å². The number of para-hydroxylation sites is 1. The molecule has 2 unspecified atom stereocenters. The molecular weight excluding hydrogens is 502 g/mol. The van der Waals surface area contributed by atoms with Crippen molar-refractivity contribution < 1.29 is 19.4 Å². The summed E-state index contributed by atoms with van der Waals surface area (Å²) in [6, 6.07) is 27.8. The number of carbonyl (C=O) groups is 1. The molecule has 3 aliphatic rings. The average molecular weight is 536 g/mol. The summed E-state index contributed by atoms with van der Waals surface area (Å²) in [7, 11) is 0. The van der Waals surface area contributed by atoms with Gasteiger partial charge in [-0.3, -0.25) is 9.80 Å². The SMILES string of the molecule is O=C1C2=C(OCc3ccccc3)C(O)C=CN2N2CN1CC/C=C\CCOc1ccccc1[C@H]2c1ccccc1. The fourth-order valence-electron chi connectivity index (χ4n) is 5.41. The second kappa shape index (κ2) is 11.8. The van der Waals surface area contributed by atoms with Gasteiger partial charge in [0.05, 0.1) is 19.3 Å². The molecule has 3 atom stereocenters. The minimum Gasteiger partial charge on any atom is -0.493 e. The zero-order chi connectivity index (χ0) is 27.3. The predicted molar refractivity (Wildman–Crippen MR) is 152 cm³/mol. The molecule has 3 aromatic rings. The number of ether oxygens (including phenoxy) is 2. The first-order chi connectivity index (χ1) is 19.7. The van der Waals surface area contributed by atoms with E-state index in [9.17, 15) is 9.90 Å². The first kappa shape index (κ1) is 25.9. The summed E-state index contributed by atoms with van der Waals surface area (Å²) in [5, 5.41) is 15.1. The summed E-state index contributed by atoms with van der Waals surface area (Å²) in [6.45, 7) is 1.71. The smallest absolute Gasteiger partial charge is 0.276 e. The van der Waals surface area contributed by atoms with Gasteiger partial charge in [0, 0.05) is 18.3 Å². The van der Waals surface area contributed by atoms with Gasteiger partial charge in [-0.1, -0.05) is 91.0 Å². The molecule has 1 N–H and O–H groups in total. The van der Waals surface area contributed by atoms with Crippen LogP contribution in [0.25, 0.3) is 0 Å². The van der Waals surface area contributed by atoms with Crippen molar-refractivity contribution >= 4 is 5.91 Å². The second-order valence-electron chi connectivity index (χ2n) is 10.0. The zero-order valence-electron chi connectivity index (χ0n) is 22.3. The maximum absolute atomic E-state index is 14.0. The van der Waals surface area contributed by atoms with Crippen LogP contribution in [0.3, 0.4) is 0 Å². The fourth-order valence-corrected chi connectivity index (χ4v) is 5.41. The van der Waals surface area contributed by atoms with Gasteiger partial charge >= 0.3 is 0 Å². The van der Waals surface area contributed by atoms with Gasteiger partial charge in [-0.2, -0.15) is 5.01 Å². The standard InChI is InChI=1S/C33H33N3O4/c37-28-19-21-35-31(32(28)40-23-25-13-5-3-6-14-25)33(38)34-20-11-1-2-12-22-39-29-18-10-9-17-27(29)30(36(35)24-34)26-15-7-4-8-16-26/h1-10,13-19,21,28,30,37H,11-12,20,22-24H2/b2-1-/t28?,30-/m1/s1. The van der Waals surface area contributed by atoms with E-state index in [1.165, 1.54) is 0 Å². The normalized spacial score (nSPS) is 23.6. The molecule has 7 heteroatoms. The molecule has 3 aliphatic heterocycles. The van der Waals surface area contributed by atoms with Crippen LogP contribution in [-0.4, -0.2) is 51.9 Å². The van der Waals surface area contributed by atoms with Crippen LogP contribution < -0.4 is 4.74 Å². The molecule has 40 heavy (non-hydrogen) atoms. The highest BCUT2D eigenvalue weighted by molar-refractivity contribution is 5.94. The van der Waals surface area contributed by atoms with Crippen LogP contribution in [0.2, 0.25) is 0 Å². The van der Waals surface area contributed by atoms with Gasteiger partial charge in [-0.15, -0.1) is 0 Å². The Labute approximate surface area is 234 Å². The molecule has 0 spiro atoms. The maximum Gasteiger partial charge on any atom is 0.276 e. The molecule has 3 aromatic carbocycles. The van der Waals surface area contributed by atoms with Gasteiger partial charge in [-0.25, -0.2) is 0 Å². The molecular formula is C33H33N3O4. The molecule has 3 heterocycles. The number of benzene rings is 3. The Bertz CT molecular complexity index is 1420. The summed E-state index contributed by atoms with van der Waals surface area (Å²) < 4.78 is 12.5. The van der Waals surface area contributed by atoms with Gasteiger partial charge in [0.15, 0.2) is 11.5 Å². The summed E-state index contributed by atoms with van der Waals surface area (Å²) in [6.07, 6.45) is 8.12. The monoisotopic (exact) mass is 535 g/mol. The molecule has 6 rings (SSSR count). The van der Waals surface area contributed by atoms with Crippen LogP contribution >= 0.6 is 0 Å². The highest BCUT2D eigenvalue weighted by Crippen LogP contribution is 2.41. The molecule has 204 valence electrons. The number of hydrogen-bond acceptors (Lipinski definition) is 6. The number of hydrazine groups is 1. The first-order valence-electron chi connectivity index (χ1n) is 13.7. The minimum absolute atomic E-state index is 0.165. The van der Waals surface area contributed by atoms with Crippen LogP contribution in [0.1, 0.15) is 35.6 Å². The van der Waals surface area contributed by atoms with Crippen molar-refractivity contribution in [1.82, 2.24) is 14.9 Å². The summed E-state index contributed by atoms with van der Waals surface area (Å²) in [5.74, 6) is 0.893. The van der Waals surface area contributed by atoms with Gasteiger partial charge in [0.2, 0.25) is 0 Å². The van der Waals surface area contributed by atoms with Crippen molar-refractivity contribution in [3.63, 3.8) is 0 Å². The summed E-state index contributed by atoms with van der Waals surface area (Å²) in [4.78, 5) is 15.9. The van der Waals surface area contributed by atoms with Crippen LogP contribution in [0, 0.1) is 0 Å². The van der Waals surface area contributed by atoms with E-state index in [0.29, 0.717) is 31.9 Å². The van der Waals surface area contributed by atoms with Crippen molar-refractivity contribution in [2.75, 3.05) is 19.8 Å². The van der Waals surface area contributed by atoms with E-state index in [0.717, 1.165) is 28.9 Å². The molecule has 0 aliphatic carbocycles. The van der Waals surface area contributed by atoms with Crippen molar-refractivity contribution in [3.05, 3.63) is 138 Å². The van der Waals surface area contributed by atoms with E-state index in [1.807, 2.05) is 76.6 Å². The van der Waals surface area contributed by atoms with Crippen molar-refractivity contribution in [1.29, 1.82) is 0 Å². The van der Waals surface area contributed by atoms with Gasteiger partial charge in [0.1, 0.15) is 18.5 Å². The highest BCUT2D eigenvalue weighted by atomic mass is 16.5. The van der Waals surface area contributed by atoms with Crippen molar-refractivity contribution in [3.8, 4) is 5.75 Å². The van der Waals surface area contributed by atoms with Crippen molar-refractivity contribution in [2.45, 2.75) is 31.6 Å². The average Bonchev–Trinajstić information content (AvgIpc) is 3.00. The predicted octanol–water partition coefficient (Wildman–Crippen LogP) is 5.14. The summed E-state index contributed by atoms with van der Waals surface area (Å²) >= 11 is 0. The number of carbonyl (C=O) groups excluding carboxylic acids is 1. The molecule has 1 fully saturated rings. The van der Waals surface area contributed by atoms with E-state index >= 15 is 0 Å². The molecule has 2 bridgehead atoms. The van der Waals surface area contributed by atoms with E-state index in [-0.39, 0.29) is 24.3 Å². The molecule has 0 radical (unpaired) electrons. The third kappa shape index (κ3) is 5.26. The Hall–Kier alpha value is -4.33. The third-order valence-corrected chi connectivity index (χ3v) is 7.36. The number of aliphatic hydroxyl groups excluding tert-OH is 1. The molecule has 1 saturated heterocycles. The zero-order valence-corrected chi connectivity index (χ0v) is 22.3. The lowest BCUT2D eigenvalue weighted by Gasteiger charge is -2.49. The molecule has 7 nitrogen and oxygen atoms in total. The lowest BCUT2D eigenvalue weighted by Crippen LogP contribution is -2.58. The minimum atomic E-state index is -1.03. The lowest BCUT2D eigenvalue weighted by atomic mass is 9.96. The highest BCUT2D eigenvalue weighted by Gasteiger charge is 2.43. The van der Waals surface area contributed by atoms with E-state index in [1.54, 1.807) is 12.3 Å². The number of fused-ring (bicyclic) bond motifs is 5. The Morgan fingerprint density at radius 1 is 0.900 bits per heavy atom. The maximum atomic E-state index is 14.0. The van der Waals surface area contributed by atoms with Crippen LogP contribution in [-0.2, 0) is 16.1 Å². The Kier molecular flexibility index (Phi) is 7.66. The number of nitrogens with zero attached hydrogens (tertiary/aromatic N) is 3. The quantitative estimate of drug-likeness (QED) is 0.467. The fraction of sp³-hybridized carbons (Fsp3) is 0.242. The topological polar surface area (TPSA) is 65.5 Å². The van der Waals surface area contributed by atoms with E-state index < -0.39 is 6.10 Å². The van der Waals surface area contributed by atoms with Crippen LogP contribution in [0.4, 0.5) is 0 Å². The first-order valence-corrected chi connectivity index (χ1v) is 13.7. The molecule has 0 saturated carbocycles. The van der Waals surface area contributed by atoms with Crippen LogP contribution in [0.15, 0.2) is 121 Å². The number of aliphatic hydroxyl groups is 1. The molecule has 0 aromatic heterocycles. The molecule has 1 amide bonds. The Morgan fingerprint density at radius 2 is 1.62 bits per heavy atom. The van der Waals surface area contributed by atoms with Crippen LogP contribution in [0.5, 0.6) is 5.75 Å². The largest absolute Gasteiger partial charge is 0.493 e. The Balaban J connectivity index is 1.49. The van der Waals surface area contributed by atoms with E-state index in [4.69, 9.17) is 9.47 Å². The number of hydrogen-bond donors (Lipinski definition) is 1. The third-order valence-electron chi connectivity index (χ3n) is 7.36. The number of rotatable bonds is 4. The van der Waals surface area contributed by atoms with Gasteiger partial charge < -0.3 is 19.5 Å². The summed E-state index contributed by atoms with van der Waals surface area (Å²) in [5.41, 5.74) is 3.34. The number of amides is 1. The second-order valence-corrected chi connectivity index (χ2v) is 10.0.